The summed E-state index contributed by atoms with van der Waals surface area (Å²) >= 11 is 0. The molecular weight excluding hydrogens is 304 g/mol. The number of unbranched alkanes of at least 4 members (excludes halogenated alkanes) is 1. The van der Waals surface area contributed by atoms with Crippen molar-refractivity contribution < 1.29 is 17.9 Å². The van der Waals surface area contributed by atoms with Gasteiger partial charge in [0, 0.05) is 25.2 Å². The first kappa shape index (κ1) is 18.4. The molecule has 0 aliphatic carbocycles. The summed E-state index contributed by atoms with van der Waals surface area (Å²) in [5.74, 6) is 0. The van der Waals surface area contributed by atoms with Crippen LogP contribution in [0.5, 0.6) is 0 Å². The number of alkyl carbamates (subject to hydrolysis) is 1. The molecular formula is C15H24N2O4S. The average molecular weight is 328 g/mol. The molecule has 1 heterocycles. The number of aromatic nitrogens is 1. The molecule has 0 atom stereocenters. The van der Waals surface area contributed by atoms with Crippen LogP contribution in [0, 0.1) is 0 Å². The van der Waals surface area contributed by atoms with Crippen molar-refractivity contribution in [3.63, 3.8) is 0 Å². The van der Waals surface area contributed by atoms with Crippen molar-refractivity contribution in [3.8, 4) is 0 Å². The van der Waals surface area contributed by atoms with Gasteiger partial charge in [-0.3, -0.25) is 4.98 Å². The first-order valence-electron chi connectivity index (χ1n) is 7.19. The quantitative estimate of drug-likeness (QED) is 0.810. The van der Waals surface area contributed by atoms with E-state index in [9.17, 15) is 13.2 Å². The monoisotopic (exact) mass is 328 g/mol. The Labute approximate surface area is 132 Å². The number of rotatable bonds is 6. The predicted octanol–water partition coefficient (Wildman–Crippen LogP) is 2.33. The molecule has 0 radical (unpaired) electrons. The number of nitrogens with zero attached hydrogens (tertiary/aromatic N) is 1. The van der Waals surface area contributed by atoms with E-state index >= 15 is 0 Å². The number of sulfone groups is 1. The first-order chi connectivity index (χ1) is 10.1. The van der Waals surface area contributed by atoms with Crippen molar-refractivity contribution in [1.29, 1.82) is 0 Å². The van der Waals surface area contributed by atoms with Crippen LogP contribution in [-0.2, 0) is 21.0 Å². The third kappa shape index (κ3) is 7.40. The van der Waals surface area contributed by atoms with Crippen LogP contribution in [-0.4, -0.2) is 37.9 Å². The van der Waals surface area contributed by atoms with Crippen LogP contribution in [0.15, 0.2) is 23.4 Å². The summed E-state index contributed by atoms with van der Waals surface area (Å²) in [6.07, 6.45) is 6.07. The number of carbonyl (C=O) groups excluding carboxylic acids is 1. The van der Waals surface area contributed by atoms with Crippen molar-refractivity contribution in [1.82, 2.24) is 10.3 Å². The topological polar surface area (TPSA) is 85.4 Å². The molecule has 1 amide bonds. The van der Waals surface area contributed by atoms with Gasteiger partial charge in [-0.2, -0.15) is 0 Å². The van der Waals surface area contributed by atoms with E-state index in [1.54, 1.807) is 12.3 Å². The molecule has 0 fully saturated rings. The Hall–Kier alpha value is -1.63. The Balaban J connectivity index is 2.33. The van der Waals surface area contributed by atoms with Crippen molar-refractivity contribution in [2.45, 2.75) is 50.5 Å². The van der Waals surface area contributed by atoms with E-state index in [2.05, 4.69) is 10.3 Å². The summed E-state index contributed by atoms with van der Waals surface area (Å²) in [6, 6.07) is 1.64. The van der Waals surface area contributed by atoms with Gasteiger partial charge in [-0.1, -0.05) is 0 Å². The molecule has 0 aromatic carbocycles. The highest BCUT2D eigenvalue weighted by Gasteiger charge is 2.15. The Kier molecular flexibility index (Phi) is 6.34. The number of carbonyl (C=O) groups is 1. The second-order valence-corrected chi connectivity index (χ2v) is 8.20. The van der Waals surface area contributed by atoms with E-state index in [-0.39, 0.29) is 4.90 Å². The Morgan fingerprint density at radius 1 is 1.27 bits per heavy atom. The fourth-order valence-electron chi connectivity index (χ4n) is 1.76. The second kappa shape index (κ2) is 7.58. The maximum absolute atomic E-state index is 11.4. The summed E-state index contributed by atoms with van der Waals surface area (Å²) in [5.41, 5.74) is 0.377. The number of nitrogens with one attached hydrogen (secondary N) is 1. The maximum atomic E-state index is 11.4. The van der Waals surface area contributed by atoms with Crippen molar-refractivity contribution in [2.24, 2.45) is 0 Å². The molecule has 0 bridgehead atoms. The summed E-state index contributed by atoms with van der Waals surface area (Å²) in [6.45, 7) is 5.96. The summed E-state index contributed by atoms with van der Waals surface area (Å²) in [4.78, 5) is 15.6. The van der Waals surface area contributed by atoms with E-state index in [0.29, 0.717) is 13.0 Å². The van der Waals surface area contributed by atoms with Gasteiger partial charge in [-0.05, 0) is 51.7 Å². The Morgan fingerprint density at radius 3 is 2.55 bits per heavy atom. The third-order valence-corrected chi connectivity index (χ3v) is 3.84. The van der Waals surface area contributed by atoms with Gasteiger partial charge in [0.15, 0.2) is 9.84 Å². The highest BCUT2D eigenvalue weighted by Crippen LogP contribution is 2.11. The van der Waals surface area contributed by atoms with Crippen LogP contribution in [0.3, 0.4) is 0 Å². The molecule has 0 saturated carbocycles. The number of ether oxygens (including phenoxy) is 1. The molecule has 124 valence electrons. The lowest BCUT2D eigenvalue weighted by Crippen LogP contribution is -2.33. The molecule has 0 unspecified atom stereocenters. The summed E-state index contributed by atoms with van der Waals surface area (Å²) in [5, 5.41) is 2.69. The van der Waals surface area contributed by atoms with Crippen molar-refractivity contribution in [2.75, 3.05) is 12.8 Å². The number of amides is 1. The Morgan fingerprint density at radius 2 is 1.95 bits per heavy atom. The lowest BCUT2D eigenvalue weighted by atomic mass is 10.1. The molecule has 1 aromatic heterocycles. The van der Waals surface area contributed by atoms with Crippen molar-refractivity contribution in [3.05, 3.63) is 24.0 Å². The molecule has 6 nitrogen and oxygen atoms in total. The molecule has 1 aromatic rings. The van der Waals surface area contributed by atoms with Gasteiger partial charge in [0.1, 0.15) is 5.60 Å². The lowest BCUT2D eigenvalue weighted by Gasteiger charge is -2.19. The zero-order valence-electron chi connectivity index (χ0n) is 13.5. The molecule has 0 saturated heterocycles. The Bertz CT molecular complexity index is 606. The van der Waals surface area contributed by atoms with Gasteiger partial charge < -0.3 is 10.1 Å². The summed E-state index contributed by atoms with van der Waals surface area (Å²) < 4.78 is 28.0. The number of hydrogen-bond donors (Lipinski definition) is 1. The number of aryl methyl sites for hydroxylation is 1. The van der Waals surface area contributed by atoms with Gasteiger partial charge in [0.05, 0.1) is 4.90 Å². The maximum Gasteiger partial charge on any atom is 0.407 e. The van der Waals surface area contributed by atoms with E-state index in [1.165, 1.54) is 12.5 Å². The molecule has 1 N–H and O–H groups in total. The zero-order valence-corrected chi connectivity index (χ0v) is 14.4. The van der Waals surface area contributed by atoms with E-state index in [4.69, 9.17) is 4.74 Å². The number of pyridine rings is 1. The summed E-state index contributed by atoms with van der Waals surface area (Å²) in [7, 11) is -3.23. The highest BCUT2D eigenvalue weighted by atomic mass is 32.2. The normalized spacial score (nSPS) is 12.0. The molecule has 7 heteroatoms. The van der Waals surface area contributed by atoms with Gasteiger partial charge in [0.2, 0.25) is 0 Å². The minimum Gasteiger partial charge on any atom is -0.444 e. The van der Waals surface area contributed by atoms with E-state index in [1.807, 2.05) is 20.8 Å². The first-order valence-corrected chi connectivity index (χ1v) is 9.08. The van der Waals surface area contributed by atoms with Crippen LogP contribution in [0.1, 0.15) is 39.2 Å². The van der Waals surface area contributed by atoms with E-state index in [0.717, 1.165) is 18.4 Å². The predicted molar refractivity (Wildman–Crippen MR) is 84.5 cm³/mol. The standard InChI is InChI=1S/C15H24N2O4S/c1-15(2,3)21-14(18)17-8-6-5-7-12-9-13(11-16-10-12)22(4,19)20/h9-11H,5-8H2,1-4H3,(H,17,18). The minimum atomic E-state index is -3.23. The molecule has 0 spiro atoms. The van der Waals surface area contributed by atoms with Gasteiger partial charge >= 0.3 is 6.09 Å². The molecule has 0 aliphatic rings. The van der Waals surface area contributed by atoms with E-state index < -0.39 is 21.5 Å². The molecule has 22 heavy (non-hydrogen) atoms. The average Bonchev–Trinajstić information content (AvgIpc) is 2.35. The van der Waals surface area contributed by atoms with Crippen LogP contribution in [0.4, 0.5) is 4.79 Å². The highest BCUT2D eigenvalue weighted by molar-refractivity contribution is 7.90. The van der Waals surface area contributed by atoms with Gasteiger partial charge in [-0.15, -0.1) is 0 Å². The smallest absolute Gasteiger partial charge is 0.407 e. The third-order valence-electron chi connectivity index (χ3n) is 2.76. The van der Waals surface area contributed by atoms with Crippen molar-refractivity contribution >= 4 is 15.9 Å². The second-order valence-electron chi connectivity index (χ2n) is 6.19. The van der Waals surface area contributed by atoms with Crippen LogP contribution >= 0.6 is 0 Å². The largest absolute Gasteiger partial charge is 0.444 e. The fourth-order valence-corrected chi connectivity index (χ4v) is 2.38. The van der Waals surface area contributed by atoms with Crippen LogP contribution in [0.2, 0.25) is 0 Å². The lowest BCUT2D eigenvalue weighted by molar-refractivity contribution is 0.0527. The minimum absolute atomic E-state index is 0.233. The van der Waals surface area contributed by atoms with Gasteiger partial charge in [-0.25, -0.2) is 13.2 Å². The van der Waals surface area contributed by atoms with Gasteiger partial charge in [0.25, 0.3) is 0 Å². The zero-order chi connectivity index (χ0) is 16.8. The van der Waals surface area contributed by atoms with Crippen LogP contribution < -0.4 is 5.32 Å². The number of hydrogen-bond acceptors (Lipinski definition) is 5. The van der Waals surface area contributed by atoms with Crippen LogP contribution in [0.25, 0.3) is 0 Å². The molecule has 1 rings (SSSR count). The molecule has 0 aliphatic heterocycles. The fraction of sp³-hybridized carbons (Fsp3) is 0.600. The SMILES string of the molecule is CC(C)(C)OC(=O)NCCCCc1cncc(S(C)(=O)=O)c1.